The van der Waals surface area contributed by atoms with E-state index in [0.717, 1.165) is 16.8 Å². The van der Waals surface area contributed by atoms with E-state index in [-0.39, 0.29) is 23.9 Å². The summed E-state index contributed by atoms with van der Waals surface area (Å²) in [6.07, 6.45) is 1.81. The Bertz CT molecular complexity index is 1370. The zero-order chi connectivity index (χ0) is 22.2. The standard InChI is InChI=1S/C24H23N5O2S/c1-15-7-9-17(10-8-15)12-25-21(30)11-18-14-32-24-27-22-19(23(31)28(18)24)13-26-29(22)20-6-4-3-5-16(20)2/h3-10,13,18H,11-12,14H2,1-2H3,(H,25,30). The highest BCUT2D eigenvalue weighted by molar-refractivity contribution is 7.99. The highest BCUT2D eigenvalue weighted by atomic mass is 32.2. The van der Waals surface area contributed by atoms with Gasteiger partial charge in [0.25, 0.3) is 5.56 Å². The topological polar surface area (TPSA) is 81.8 Å². The van der Waals surface area contributed by atoms with Crippen molar-refractivity contribution in [3.63, 3.8) is 0 Å². The van der Waals surface area contributed by atoms with Gasteiger partial charge >= 0.3 is 0 Å². The molecule has 1 unspecified atom stereocenters. The number of aryl methyl sites for hydroxylation is 2. The van der Waals surface area contributed by atoms with Crippen molar-refractivity contribution in [2.24, 2.45) is 0 Å². The van der Waals surface area contributed by atoms with Crippen LogP contribution < -0.4 is 10.9 Å². The highest BCUT2D eigenvalue weighted by Gasteiger charge is 2.29. The smallest absolute Gasteiger partial charge is 0.265 e. The van der Waals surface area contributed by atoms with Gasteiger partial charge in [-0.25, -0.2) is 9.67 Å². The second-order valence-electron chi connectivity index (χ2n) is 8.08. The van der Waals surface area contributed by atoms with E-state index in [1.165, 1.54) is 17.3 Å². The number of nitrogens with zero attached hydrogens (tertiary/aromatic N) is 4. The van der Waals surface area contributed by atoms with E-state index in [2.05, 4.69) is 10.4 Å². The van der Waals surface area contributed by atoms with Crippen LogP contribution in [-0.2, 0) is 11.3 Å². The van der Waals surface area contributed by atoms with Crippen molar-refractivity contribution in [2.45, 2.75) is 38.0 Å². The number of hydrogen-bond donors (Lipinski definition) is 1. The van der Waals surface area contributed by atoms with Gasteiger partial charge in [-0.05, 0) is 31.0 Å². The van der Waals surface area contributed by atoms with Crippen molar-refractivity contribution in [1.82, 2.24) is 24.6 Å². The number of benzene rings is 2. The van der Waals surface area contributed by atoms with Gasteiger partial charge in [-0.15, -0.1) is 0 Å². The number of carbonyl (C=O) groups excluding carboxylic acids is 1. The van der Waals surface area contributed by atoms with E-state index in [9.17, 15) is 9.59 Å². The maximum atomic E-state index is 13.3. The molecule has 0 fully saturated rings. The molecule has 0 radical (unpaired) electrons. The second-order valence-corrected chi connectivity index (χ2v) is 9.07. The lowest BCUT2D eigenvalue weighted by atomic mass is 10.1. The Morgan fingerprint density at radius 1 is 1.16 bits per heavy atom. The van der Waals surface area contributed by atoms with Gasteiger partial charge in [-0.1, -0.05) is 59.8 Å². The lowest BCUT2D eigenvalue weighted by Crippen LogP contribution is -2.30. The van der Waals surface area contributed by atoms with Crippen LogP contribution in [0.4, 0.5) is 0 Å². The third kappa shape index (κ3) is 3.71. The number of amides is 1. The maximum absolute atomic E-state index is 13.3. The number of aromatic nitrogens is 4. The number of fused-ring (bicyclic) bond motifs is 2. The van der Waals surface area contributed by atoms with Crippen LogP contribution >= 0.6 is 11.8 Å². The molecule has 1 aliphatic heterocycles. The molecule has 4 aromatic rings. The highest BCUT2D eigenvalue weighted by Crippen LogP contribution is 2.33. The lowest BCUT2D eigenvalue weighted by Gasteiger charge is -2.14. The van der Waals surface area contributed by atoms with Crippen molar-refractivity contribution in [3.05, 3.63) is 81.8 Å². The second kappa shape index (κ2) is 8.27. The Morgan fingerprint density at radius 3 is 2.72 bits per heavy atom. The van der Waals surface area contributed by atoms with Gasteiger partial charge in [-0.3, -0.25) is 14.2 Å². The van der Waals surface area contributed by atoms with Gasteiger partial charge in [0.2, 0.25) is 5.91 Å². The average molecular weight is 446 g/mol. The van der Waals surface area contributed by atoms with Crippen LogP contribution in [0.3, 0.4) is 0 Å². The van der Waals surface area contributed by atoms with Gasteiger partial charge in [0.1, 0.15) is 5.39 Å². The molecule has 0 saturated carbocycles. The fraction of sp³-hybridized carbons (Fsp3) is 0.250. The lowest BCUT2D eigenvalue weighted by molar-refractivity contribution is -0.121. The molecule has 8 heteroatoms. The summed E-state index contributed by atoms with van der Waals surface area (Å²) in [6, 6.07) is 15.7. The number of nitrogens with one attached hydrogen (secondary N) is 1. The molecule has 3 heterocycles. The van der Waals surface area contributed by atoms with E-state index < -0.39 is 0 Å². The monoisotopic (exact) mass is 445 g/mol. The first-order chi connectivity index (χ1) is 15.5. The largest absolute Gasteiger partial charge is 0.352 e. The number of thioether (sulfide) groups is 1. The minimum absolute atomic E-state index is 0.0772. The Balaban J connectivity index is 1.39. The van der Waals surface area contributed by atoms with Gasteiger partial charge in [0, 0.05) is 18.7 Å². The SMILES string of the molecule is Cc1ccc(CNC(=O)CC2CSc3nc4c(cnn4-c4ccccc4C)c(=O)n32)cc1. The number of hydrogen-bond acceptors (Lipinski definition) is 5. The maximum Gasteiger partial charge on any atom is 0.265 e. The fourth-order valence-electron chi connectivity index (χ4n) is 3.95. The normalized spacial score (nSPS) is 15.1. The number of rotatable bonds is 5. The fourth-order valence-corrected chi connectivity index (χ4v) is 5.08. The predicted octanol–water partition coefficient (Wildman–Crippen LogP) is 3.55. The quantitative estimate of drug-likeness (QED) is 0.475. The molecule has 1 amide bonds. The van der Waals surface area contributed by atoms with Gasteiger partial charge in [-0.2, -0.15) is 5.10 Å². The molecule has 32 heavy (non-hydrogen) atoms. The third-order valence-corrected chi connectivity index (χ3v) is 6.84. The molecule has 162 valence electrons. The third-order valence-electron chi connectivity index (χ3n) is 5.75. The van der Waals surface area contributed by atoms with Crippen molar-refractivity contribution in [2.75, 3.05) is 5.75 Å². The summed E-state index contributed by atoms with van der Waals surface area (Å²) >= 11 is 1.51. The van der Waals surface area contributed by atoms with E-state index in [4.69, 9.17) is 4.98 Å². The molecule has 7 nitrogen and oxygen atoms in total. The molecule has 1 N–H and O–H groups in total. The van der Waals surface area contributed by atoms with Gasteiger partial charge in [0.05, 0.1) is 17.9 Å². The first-order valence-corrected chi connectivity index (χ1v) is 11.5. The zero-order valence-electron chi connectivity index (χ0n) is 17.9. The van der Waals surface area contributed by atoms with Crippen LogP contribution in [0.1, 0.15) is 29.2 Å². The summed E-state index contributed by atoms with van der Waals surface area (Å²) < 4.78 is 3.37. The summed E-state index contributed by atoms with van der Waals surface area (Å²) in [5.41, 5.74) is 4.58. The summed E-state index contributed by atoms with van der Waals surface area (Å²) in [5, 5.41) is 8.50. The van der Waals surface area contributed by atoms with E-state index in [0.29, 0.717) is 28.5 Å². The van der Waals surface area contributed by atoms with Crippen LogP contribution in [-0.4, -0.2) is 31.0 Å². The molecule has 0 bridgehead atoms. The summed E-state index contributed by atoms with van der Waals surface area (Å²) in [4.78, 5) is 30.6. The van der Waals surface area contributed by atoms with Crippen LogP contribution in [0.25, 0.3) is 16.7 Å². The van der Waals surface area contributed by atoms with Crippen LogP contribution in [0.15, 0.2) is 64.7 Å². The van der Waals surface area contributed by atoms with Crippen LogP contribution in [0.5, 0.6) is 0 Å². The molecule has 2 aromatic carbocycles. The minimum Gasteiger partial charge on any atom is -0.352 e. The Labute approximate surface area is 189 Å². The predicted molar refractivity (Wildman–Crippen MR) is 125 cm³/mol. The molecular weight excluding hydrogens is 422 g/mol. The van der Waals surface area contributed by atoms with Crippen molar-refractivity contribution in [3.8, 4) is 5.69 Å². The minimum atomic E-state index is -0.223. The summed E-state index contributed by atoms with van der Waals surface area (Å²) in [7, 11) is 0. The molecule has 1 atom stereocenters. The number of para-hydroxylation sites is 1. The first-order valence-electron chi connectivity index (χ1n) is 10.5. The molecule has 5 rings (SSSR count). The molecule has 0 spiro atoms. The van der Waals surface area contributed by atoms with Crippen LogP contribution in [0, 0.1) is 13.8 Å². The average Bonchev–Trinajstić information content (AvgIpc) is 3.39. The van der Waals surface area contributed by atoms with E-state index >= 15 is 0 Å². The zero-order valence-corrected chi connectivity index (χ0v) is 18.7. The Morgan fingerprint density at radius 2 is 1.94 bits per heavy atom. The Hall–Kier alpha value is -3.39. The molecule has 1 aliphatic rings. The summed E-state index contributed by atoms with van der Waals surface area (Å²) in [5.74, 6) is 0.566. The number of carbonyl (C=O) groups is 1. The molecule has 0 saturated heterocycles. The van der Waals surface area contributed by atoms with E-state index in [1.807, 2.05) is 62.4 Å². The van der Waals surface area contributed by atoms with E-state index in [1.54, 1.807) is 15.4 Å². The van der Waals surface area contributed by atoms with Crippen LogP contribution in [0.2, 0.25) is 0 Å². The Kier molecular flexibility index (Phi) is 5.30. The molecular formula is C24H23N5O2S. The van der Waals surface area contributed by atoms with Gasteiger partial charge in [0.15, 0.2) is 10.8 Å². The van der Waals surface area contributed by atoms with Crippen molar-refractivity contribution in [1.29, 1.82) is 0 Å². The summed E-state index contributed by atoms with van der Waals surface area (Å²) in [6.45, 7) is 4.51. The molecule has 0 aliphatic carbocycles. The molecule has 2 aromatic heterocycles. The van der Waals surface area contributed by atoms with Crippen molar-refractivity contribution >= 4 is 28.7 Å². The van der Waals surface area contributed by atoms with Crippen molar-refractivity contribution < 1.29 is 4.79 Å². The first kappa shape index (κ1) is 20.5. The van der Waals surface area contributed by atoms with Gasteiger partial charge < -0.3 is 5.32 Å².